The van der Waals surface area contributed by atoms with Crippen molar-refractivity contribution >= 4 is 17.3 Å². The summed E-state index contributed by atoms with van der Waals surface area (Å²) in [6.45, 7) is 0. The Kier molecular flexibility index (Phi) is 3.43. The number of nitrogen functional groups attached to an aromatic ring is 1. The largest absolute Gasteiger partial charge is 0.417 e. The molecule has 20 heavy (non-hydrogen) atoms. The molecule has 0 saturated carbocycles. The minimum Gasteiger partial charge on any atom is -0.396 e. The molecule has 1 heterocycles. The molecule has 5 nitrogen and oxygen atoms in total. The lowest BCUT2D eigenvalue weighted by Crippen LogP contribution is -2.08. The van der Waals surface area contributed by atoms with E-state index in [0.29, 0.717) is 5.69 Å². The maximum absolute atomic E-state index is 12.8. The third-order valence-electron chi connectivity index (χ3n) is 2.37. The van der Waals surface area contributed by atoms with E-state index in [9.17, 15) is 13.2 Å². The van der Waals surface area contributed by atoms with E-state index in [1.54, 1.807) is 0 Å². The molecule has 0 aliphatic heterocycles. The van der Waals surface area contributed by atoms with Crippen LogP contribution in [0.1, 0.15) is 11.1 Å². The van der Waals surface area contributed by atoms with Gasteiger partial charge in [0.25, 0.3) is 0 Å². The predicted octanol–water partition coefficient (Wildman–Crippen LogP) is 2.69. The van der Waals surface area contributed by atoms with E-state index >= 15 is 0 Å². The predicted molar refractivity (Wildman–Crippen MR) is 65.9 cm³/mol. The van der Waals surface area contributed by atoms with Crippen molar-refractivity contribution < 1.29 is 13.2 Å². The van der Waals surface area contributed by atoms with E-state index in [0.717, 1.165) is 12.1 Å². The highest BCUT2D eigenvalue weighted by Gasteiger charge is 2.33. The molecule has 0 bridgehead atoms. The van der Waals surface area contributed by atoms with Crippen molar-refractivity contribution in [3.63, 3.8) is 0 Å². The quantitative estimate of drug-likeness (QED) is 0.882. The zero-order valence-electron chi connectivity index (χ0n) is 9.94. The number of anilines is 3. The summed E-state index contributed by atoms with van der Waals surface area (Å²) in [5.41, 5.74) is 4.41. The molecule has 8 heteroatoms. The lowest BCUT2D eigenvalue weighted by atomic mass is 10.1. The summed E-state index contributed by atoms with van der Waals surface area (Å²) in [6, 6.07) is 4.76. The van der Waals surface area contributed by atoms with Crippen LogP contribution in [0.15, 0.2) is 30.6 Å². The summed E-state index contributed by atoms with van der Waals surface area (Å²) in [5.74, 6) is 0.108. The SMILES string of the molecule is N#Cc1ccc(Nc2ncc(N)cn2)cc1C(F)(F)F. The van der Waals surface area contributed by atoms with Crippen molar-refractivity contribution in [2.75, 3.05) is 11.1 Å². The van der Waals surface area contributed by atoms with Crippen LogP contribution in [0.4, 0.5) is 30.5 Å². The van der Waals surface area contributed by atoms with Crippen LogP contribution in [-0.2, 0) is 6.18 Å². The van der Waals surface area contributed by atoms with Gasteiger partial charge < -0.3 is 11.1 Å². The molecule has 2 rings (SSSR count). The Labute approximate surface area is 111 Å². The average molecular weight is 279 g/mol. The van der Waals surface area contributed by atoms with E-state index < -0.39 is 17.3 Å². The molecule has 0 radical (unpaired) electrons. The molecule has 102 valence electrons. The van der Waals surface area contributed by atoms with Crippen molar-refractivity contribution in [3.8, 4) is 6.07 Å². The molecular weight excluding hydrogens is 271 g/mol. The summed E-state index contributed by atoms with van der Waals surface area (Å²) in [6.07, 6.45) is -1.96. The molecule has 0 spiro atoms. The molecular formula is C12H8F3N5. The molecule has 0 aliphatic rings. The van der Waals surface area contributed by atoms with E-state index in [1.165, 1.54) is 24.5 Å². The summed E-state index contributed by atoms with van der Waals surface area (Å²) in [7, 11) is 0. The summed E-state index contributed by atoms with van der Waals surface area (Å²) in [5, 5.41) is 11.3. The number of aromatic nitrogens is 2. The van der Waals surface area contributed by atoms with Crippen LogP contribution >= 0.6 is 0 Å². The molecule has 0 unspecified atom stereocenters. The zero-order valence-corrected chi connectivity index (χ0v) is 9.94. The second kappa shape index (κ2) is 5.05. The van der Waals surface area contributed by atoms with Gasteiger partial charge in [0.2, 0.25) is 5.95 Å². The Bertz CT molecular complexity index is 658. The van der Waals surface area contributed by atoms with E-state index in [-0.39, 0.29) is 11.6 Å². The Hall–Kier alpha value is -2.82. The van der Waals surface area contributed by atoms with Crippen molar-refractivity contribution in [2.24, 2.45) is 0 Å². The van der Waals surface area contributed by atoms with Gasteiger partial charge in [-0.2, -0.15) is 18.4 Å². The number of nitrogens with two attached hydrogens (primary N) is 1. The van der Waals surface area contributed by atoms with Crippen molar-refractivity contribution in [3.05, 3.63) is 41.7 Å². The van der Waals surface area contributed by atoms with E-state index in [2.05, 4.69) is 15.3 Å². The summed E-state index contributed by atoms with van der Waals surface area (Å²) in [4.78, 5) is 7.63. The lowest BCUT2D eigenvalue weighted by Gasteiger charge is -2.11. The number of nitrogens with zero attached hydrogens (tertiary/aromatic N) is 3. The van der Waals surface area contributed by atoms with Crippen LogP contribution in [0.2, 0.25) is 0 Å². The molecule has 3 N–H and O–H groups in total. The van der Waals surface area contributed by atoms with Crippen LogP contribution in [0.25, 0.3) is 0 Å². The van der Waals surface area contributed by atoms with Gasteiger partial charge in [-0.05, 0) is 18.2 Å². The highest BCUT2D eigenvalue weighted by Crippen LogP contribution is 2.33. The first kappa shape index (κ1) is 13.6. The van der Waals surface area contributed by atoms with Crippen LogP contribution in [-0.4, -0.2) is 9.97 Å². The molecule has 0 aliphatic carbocycles. The zero-order chi connectivity index (χ0) is 14.8. The van der Waals surface area contributed by atoms with E-state index in [4.69, 9.17) is 11.0 Å². The van der Waals surface area contributed by atoms with Gasteiger partial charge in [0.1, 0.15) is 0 Å². The maximum Gasteiger partial charge on any atom is 0.417 e. The minimum atomic E-state index is -4.61. The third-order valence-corrected chi connectivity index (χ3v) is 2.37. The normalized spacial score (nSPS) is 10.9. The van der Waals surface area contributed by atoms with Gasteiger partial charge >= 0.3 is 6.18 Å². The minimum absolute atomic E-state index is 0.108. The summed E-state index contributed by atoms with van der Waals surface area (Å²) < 4.78 is 38.3. The molecule has 0 fully saturated rings. The topological polar surface area (TPSA) is 87.6 Å². The van der Waals surface area contributed by atoms with Crippen molar-refractivity contribution in [2.45, 2.75) is 6.18 Å². The lowest BCUT2D eigenvalue weighted by molar-refractivity contribution is -0.137. The Balaban J connectivity index is 2.34. The van der Waals surface area contributed by atoms with Gasteiger partial charge in [-0.15, -0.1) is 0 Å². The smallest absolute Gasteiger partial charge is 0.396 e. The fourth-order valence-corrected chi connectivity index (χ4v) is 1.49. The van der Waals surface area contributed by atoms with Crippen LogP contribution < -0.4 is 11.1 Å². The molecule has 2 aromatic rings. The number of rotatable bonds is 2. The Morgan fingerprint density at radius 3 is 2.40 bits per heavy atom. The van der Waals surface area contributed by atoms with Crippen LogP contribution in [0.3, 0.4) is 0 Å². The number of benzene rings is 1. The molecule has 1 aromatic carbocycles. The molecule has 0 amide bonds. The van der Waals surface area contributed by atoms with Crippen LogP contribution in [0, 0.1) is 11.3 Å². The van der Waals surface area contributed by atoms with Gasteiger partial charge in [-0.1, -0.05) is 0 Å². The van der Waals surface area contributed by atoms with Gasteiger partial charge in [-0.3, -0.25) is 0 Å². The third kappa shape index (κ3) is 2.95. The number of nitriles is 1. The first-order valence-corrected chi connectivity index (χ1v) is 5.36. The first-order valence-electron chi connectivity index (χ1n) is 5.36. The second-order valence-electron chi connectivity index (χ2n) is 3.83. The number of hydrogen-bond donors (Lipinski definition) is 2. The highest BCUT2D eigenvalue weighted by molar-refractivity contribution is 5.58. The molecule has 1 aromatic heterocycles. The number of alkyl halides is 3. The standard InChI is InChI=1S/C12H8F3N5/c13-12(14,15)10-3-9(2-1-7(10)4-16)20-11-18-5-8(17)6-19-11/h1-3,5-6H,17H2,(H,18,19,20). The monoisotopic (exact) mass is 279 g/mol. The first-order chi connectivity index (χ1) is 9.40. The Morgan fingerprint density at radius 2 is 1.85 bits per heavy atom. The maximum atomic E-state index is 12.8. The van der Waals surface area contributed by atoms with E-state index in [1.807, 2.05) is 0 Å². The van der Waals surface area contributed by atoms with Gasteiger partial charge in [-0.25, -0.2) is 9.97 Å². The fourth-order valence-electron chi connectivity index (χ4n) is 1.49. The fraction of sp³-hybridized carbons (Fsp3) is 0.0833. The van der Waals surface area contributed by atoms with Gasteiger partial charge in [0, 0.05) is 5.69 Å². The number of hydrogen-bond acceptors (Lipinski definition) is 5. The molecule has 0 saturated heterocycles. The number of nitrogens with one attached hydrogen (secondary N) is 1. The number of halogens is 3. The average Bonchev–Trinajstić information content (AvgIpc) is 2.40. The van der Waals surface area contributed by atoms with Crippen molar-refractivity contribution in [1.29, 1.82) is 5.26 Å². The van der Waals surface area contributed by atoms with Crippen LogP contribution in [0.5, 0.6) is 0 Å². The Morgan fingerprint density at radius 1 is 1.20 bits per heavy atom. The van der Waals surface area contributed by atoms with Crippen molar-refractivity contribution in [1.82, 2.24) is 9.97 Å². The van der Waals surface area contributed by atoms with Gasteiger partial charge in [0.15, 0.2) is 0 Å². The summed E-state index contributed by atoms with van der Waals surface area (Å²) >= 11 is 0. The molecule has 0 atom stereocenters. The van der Waals surface area contributed by atoms with Gasteiger partial charge in [0.05, 0.1) is 35.3 Å². The highest BCUT2D eigenvalue weighted by atomic mass is 19.4. The second-order valence-corrected chi connectivity index (χ2v) is 3.83.